The fourth-order valence-corrected chi connectivity index (χ4v) is 4.18. The Morgan fingerprint density at radius 3 is 2.35 bits per heavy atom. The molecule has 0 aromatic heterocycles. The van der Waals surface area contributed by atoms with Crippen LogP contribution in [0.2, 0.25) is 0 Å². The van der Waals surface area contributed by atoms with Gasteiger partial charge in [-0.25, -0.2) is 13.1 Å². The number of benzene rings is 1. The lowest BCUT2D eigenvalue weighted by atomic mass is 9.93. The van der Waals surface area contributed by atoms with Gasteiger partial charge >= 0.3 is 0 Å². The molecule has 0 saturated heterocycles. The maximum atomic E-state index is 13.0. The number of hydrogen-bond donors (Lipinski definition) is 1. The molecule has 2 saturated carbocycles. The number of nitrogens with one attached hydrogen (secondary N) is 1. The van der Waals surface area contributed by atoms with Gasteiger partial charge in [-0.3, -0.25) is 4.79 Å². The number of carbonyl (C=O) groups excluding carboxylic acids is 1. The van der Waals surface area contributed by atoms with Gasteiger partial charge in [-0.05, 0) is 50.9 Å². The summed E-state index contributed by atoms with van der Waals surface area (Å²) in [5.74, 6) is -0.0208. The van der Waals surface area contributed by atoms with E-state index in [9.17, 15) is 13.2 Å². The van der Waals surface area contributed by atoms with Crippen LogP contribution in [0.4, 0.5) is 0 Å². The van der Waals surface area contributed by atoms with Crippen molar-refractivity contribution in [2.45, 2.75) is 61.9 Å². The van der Waals surface area contributed by atoms with E-state index in [-0.39, 0.29) is 10.8 Å². The summed E-state index contributed by atoms with van der Waals surface area (Å²) in [7, 11) is -2.15. The zero-order chi connectivity index (χ0) is 16.4. The first-order chi connectivity index (χ1) is 11.0. The highest BCUT2D eigenvalue weighted by molar-refractivity contribution is 7.89. The van der Waals surface area contributed by atoms with Crippen molar-refractivity contribution < 1.29 is 13.2 Å². The van der Waals surface area contributed by atoms with Crippen LogP contribution in [0.3, 0.4) is 0 Å². The second kappa shape index (κ2) is 6.61. The maximum absolute atomic E-state index is 13.0. The Hall–Kier alpha value is -1.40. The third-order valence-corrected chi connectivity index (χ3v) is 6.21. The fraction of sp³-hybridized carbons (Fsp3) is 0.588. The highest BCUT2D eigenvalue weighted by atomic mass is 32.2. The molecular formula is C17H24N2O3S. The van der Waals surface area contributed by atoms with Gasteiger partial charge in [0.15, 0.2) is 0 Å². The van der Waals surface area contributed by atoms with E-state index in [1.54, 1.807) is 12.1 Å². The summed E-state index contributed by atoms with van der Waals surface area (Å²) in [4.78, 5) is 15.2. The zero-order valence-electron chi connectivity index (χ0n) is 13.5. The van der Waals surface area contributed by atoms with Crippen LogP contribution < -0.4 is 4.72 Å². The van der Waals surface area contributed by atoms with Gasteiger partial charge in [0.1, 0.15) is 0 Å². The van der Waals surface area contributed by atoms with Crippen LogP contribution in [0.1, 0.15) is 55.3 Å². The quantitative estimate of drug-likeness (QED) is 0.898. The van der Waals surface area contributed by atoms with E-state index in [2.05, 4.69) is 4.72 Å². The van der Waals surface area contributed by atoms with Crippen LogP contribution in [0.5, 0.6) is 0 Å². The molecule has 0 spiro atoms. The Morgan fingerprint density at radius 2 is 1.74 bits per heavy atom. The van der Waals surface area contributed by atoms with E-state index in [1.165, 1.54) is 38.4 Å². The molecule has 1 aromatic rings. The first kappa shape index (κ1) is 16.5. The number of carbonyl (C=O) groups is 1. The molecule has 1 amide bonds. The second-order valence-corrected chi connectivity index (χ2v) is 8.36. The molecule has 0 atom stereocenters. The number of hydrogen-bond acceptors (Lipinski definition) is 3. The molecule has 2 aliphatic rings. The maximum Gasteiger partial charge on any atom is 0.254 e. The van der Waals surface area contributed by atoms with Crippen molar-refractivity contribution in [1.82, 2.24) is 9.62 Å². The molecule has 3 rings (SSSR count). The summed E-state index contributed by atoms with van der Waals surface area (Å²) in [6.07, 6.45) is 7.87. The smallest absolute Gasteiger partial charge is 0.254 e. The van der Waals surface area contributed by atoms with Crippen molar-refractivity contribution in [3.8, 4) is 0 Å². The van der Waals surface area contributed by atoms with Crippen LogP contribution in [-0.4, -0.2) is 38.4 Å². The predicted molar refractivity (Wildman–Crippen MR) is 88.8 cm³/mol. The predicted octanol–water partition coefficient (Wildman–Crippen LogP) is 2.53. The van der Waals surface area contributed by atoms with Crippen molar-refractivity contribution in [3.63, 3.8) is 0 Å². The van der Waals surface area contributed by atoms with Gasteiger partial charge in [0.25, 0.3) is 5.91 Å². The number of rotatable bonds is 5. The molecule has 2 aliphatic carbocycles. The molecule has 1 aromatic carbocycles. The highest BCUT2D eigenvalue weighted by Crippen LogP contribution is 2.35. The number of sulfonamides is 1. The van der Waals surface area contributed by atoms with Crippen LogP contribution in [-0.2, 0) is 10.0 Å². The average molecular weight is 336 g/mol. The van der Waals surface area contributed by atoms with Gasteiger partial charge in [-0.2, -0.15) is 0 Å². The molecule has 2 fully saturated rings. The first-order valence-electron chi connectivity index (χ1n) is 8.39. The normalized spacial score (nSPS) is 19.5. The Kier molecular flexibility index (Phi) is 4.73. The summed E-state index contributed by atoms with van der Waals surface area (Å²) in [6, 6.07) is 7.03. The van der Waals surface area contributed by atoms with Gasteiger partial charge in [0, 0.05) is 17.6 Å². The molecule has 0 bridgehead atoms. The molecule has 0 unspecified atom stereocenters. The Labute approximate surface area is 138 Å². The van der Waals surface area contributed by atoms with Crippen LogP contribution in [0, 0.1) is 0 Å². The van der Waals surface area contributed by atoms with Crippen molar-refractivity contribution in [1.29, 1.82) is 0 Å². The molecule has 0 aliphatic heterocycles. The molecule has 23 heavy (non-hydrogen) atoms. The monoisotopic (exact) mass is 336 g/mol. The fourth-order valence-electron chi connectivity index (χ4n) is 3.40. The number of amides is 1. The first-order valence-corrected chi connectivity index (χ1v) is 9.87. The Bertz CT molecular complexity index is 677. The summed E-state index contributed by atoms with van der Waals surface area (Å²) in [5.41, 5.74) is 0.471. The van der Waals surface area contributed by atoms with Gasteiger partial charge < -0.3 is 4.90 Å². The van der Waals surface area contributed by atoms with E-state index in [4.69, 9.17) is 0 Å². The SMILES string of the molecule is CNS(=O)(=O)c1cccc(C(=O)N(C2CCCCC2)C2CC2)c1. The molecule has 1 N–H and O–H groups in total. The molecular weight excluding hydrogens is 312 g/mol. The minimum atomic E-state index is -3.53. The molecule has 0 heterocycles. The minimum absolute atomic E-state index is 0.0208. The largest absolute Gasteiger partial charge is 0.333 e. The van der Waals surface area contributed by atoms with Crippen molar-refractivity contribution in [3.05, 3.63) is 29.8 Å². The number of nitrogens with zero attached hydrogens (tertiary/aromatic N) is 1. The van der Waals surface area contributed by atoms with E-state index in [1.807, 2.05) is 4.90 Å². The van der Waals surface area contributed by atoms with Gasteiger partial charge in [-0.1, -0.05) is 25.3 Å². The molecule has 126 valence electrons. The standard InChI is InChI=1S/C17H24N2O3S/c1-18-23(21,22)16-9-5-6-13(12-16)17(20)19(15-10-11-15)14-7-3-2-4-8-14/h5-6,9,12,14-15,18H,2-4,7-8,10-11H2,1H3. The van der Waals surface area contributed by atoms with Crippen LogP contribution in [0.25, 0.3) is 0 Å². The van der Waals surface area contributed by atoms with Crippen molar-refractivity contribution in [2.75, 3.05) is 7.05 Å². The van der Waals surface area contributed by atoms with Crippen molar-refractivity contribution in [2.24, 2.45) is 0 Å². The van der Waals surface area contributed by atoms with E-state index >= 15 is 0 Å². The third-order valence-electron chi connectivity index (χ3n) is 4.80. The lowest BCUT2D eigenvalue weighted by Crippen LogP contribution is -2.43. The highest BCUT2D eigenvalue weighted by Gasteiger charge is 2.38. The molecule has 6 heteroatoms. The van der Waals surface area contributed by atoms with Crippen LogP contribution in [0.15, 0.2) is 29.2 Å². The second-order valence-electron chi connectivity index (χ2n) is 6.47. The summed E-state index contributed by atoms with van der Waals surface area (Å²) in [5, 5.41) is 0. The lowest BCUT2D eigenvalue weighted by molar-refractivity contribution is 0.0613. The zero-order valence-corrected chi connectivity index (χ0v) is 14.3. The van der Waals surface area contributed by atoms with E-state index in [0.29, 0.717) is 17.6 Å². The third kappa shape index (κ3) is 3.58. The summed E-state index contributed by atoms with van der Waals surface area (Å²) >= 11 is 0. The van der Waals surface area contributed by atoms with Crippen molar-refractivity contribution >= 4 is 15.9 Å². The Balaban J connectivity index is 1.87. The Morgan fingerprint density at radius 1 is 1.09 bits per heavy atom. The minimum Gasteiger partial charge on any atom is -0.333 e. The molecule has 0 radical (unpaired) electrons. The van der Waals surface area contributed by atoms with Gasteiger partial charge in [0.05, 0.1) is 4.90 Å². The van der Waals surface area contributed by atoms with Gasteiger partial charge in [-0.15, -0.1) is 0 Å². The lowest BCUT2D eigenvalue weighted by Gasteiger charge is -2.34. The van der Waals surface area contributed by atoms with Gasteiger partial charge in [0.2, 0.25) is 10.0 Å². The van der Waals surface area contributed by atoms with Crippen LogP contribution >= 0.6 is 0 Å². The van der Waals surface area contributed by atoms with E-state index in [0.717, 1.165) is 25.7 Å². The molecule has 5 nitrogen and oxygen atoms in total. The summed E-state index contributed by atoms with van der Waals surface area (Å²) < 4.78 is 26.2. The summed E-state index contributed by atoms with van der Waals surface area (Å²) in [6.45, 7) is 0. The van der Waals surface area contributed by atoms with E-state index < -0.39 is 10.0 Å². The topological polar surface area (TPSA) is 66.5 Å². The average Bonchev–Trinajstić information content (AvgIpc) is 3.41.